The molecule has 19 heavy (non-hydrogen) atoms. The fraction of sp³-hybridized carbons (Fsp3) is 0.615. The molecule has 2 aliphatic rings. The summed E-state index contributed by atoms with van der Waals surface area (Å²) < 4.78 is 7.53. The molecule has 0 saturated carbocycles. The minimum atomic E-state index is 0.00307. The molecule has 0 aliphatic carbocycles. The average molecular weight is 297 g/mol. The van der Waals surface area contributed by atoms with Crippen LogP contribution in [0.4, 0.5) is 0 Å². The van der Waals surface area contributed by atoms with Crippen molar-refractivity contribution in [1.82, 2.24) is 14.2 Å². The first kappa shape index (κ1) is 13.4. The zero-order chi connectivity index (χ0) is 13.4. The predicted octanol–water partition coefficient (Wildman–Crippen LogP) is 0.974. The standard InChI is InChI=1S/C13H19N3OS2/c1-17-13-4-3-10(6-14-13)7-16-11-5-12(16)9-15(8-11)19(2)18/h3-4,6,11-12H,5,7-9H2,1-2H3. The summed E-state index contributed by atoms with van der Waals surface area (Å²) >= 11 is 5.38. The summed E-state index contributed by atoms with van der Waals surface area (Å²) in [5.74, 6) is 0.680. The van der Waals surface area contributed by atoms with E-state index in [9.17, 15) is 0 Å². The zero-order valence-corrected chi connectivity index (χ0v) is 12.9. The van der Waals surface area contributed by atoms with E-state index in [0.717, 1.165) is 19.6 Å². The second-order valence-corrected chi connectivity index (χ2v) is 8.01. The van der Waals surface area contributed by atoms with Gasteiger partial charge < -0.3 is 4.74 Å². The number of piperidine rings is 1. The van der Waals surface area contributed by atoms with Gasteiger partial charge in [0.05, 0.1) is 7.11 Å². The van der Waals surface area contributed by atoms with Gasteiger partial charge in [0.1, 0.15) is 0 Å². The maximum Gasteiger partial charge on any atom is 0.212 e. The first-order chi connectivity index (χ1) is 9.17. The highest BCUT2D eigenvalue weighted by Gasteiger charge is 2.44. The van der Waals surface area contributed by atoms with Crippen molar-refractivity contribution in [1.29, 1.82) is 0 Å². The Labute approximate surface area is 121 Å². The molecule has 2 fully saturated rings. The molecule has 0 amide bonds. The van der Waals surface area contributed by atoms with Crippen LogP contribution in [0.25, 0.3) is 0 Å². The zero-order valence-electron chi connectivity index (χ0n) is 11.3. The molecule has 3 rings (SSSR count). The number of piperazine rings is 1. The number of ether oxygens (including phenoxy) is 1. The third-order valence-corrected chi connectivity index (χ3v) is 5.70. The minimum absolute atomic E-state index is 0.00307. The van der Waals surface area contributed by atoms with Crippen molar-refractivity contribution in [3.63, 3.8) is 0 Å². The molecule has 0 radical (unpaired) electrons. The van der Waals surface area contributed by atoms with Gasteiger partial charge in [-0.2, -0.15) is 0 Å². The Hall–Kier alpha value is -0.560. The molecule has 2 bridgehead atoms. The minimum Gasteiger partial charge on any atom is -0.481 e. The van der Waals surface area contributed by atoms with Crippen molar-refractivity contribution < 1.29 is 4.74 Å². The van der Waals surface area contributed by atoms with Crippen molar-refractivity contribution in [2.45, 2.75) is 25.0 Å². The van der Waals surface area contributed by atoms with E-state index in [2.05, 4.69) is 26.5 Å². The Morgan fingerprint density at radius 3 is 2.68 bits per heavy atom. The quantitative estimate of drug-likeness (QED) is 0.826. The van der Waals surface area contributed by atoms with Gasteiger partial charge in [-0.25, -0.2) is 9.29 Å². The van der Waals surface area contributed by atoms with Crippen molar-refractivity contribution in [3.8, 4) is 5.88 Å². The summed E-state index contributed by atoms with van der Waals surface area (Å²) in [7, 11) is 1.65. The van der Waals surface area contributed by atoms with Crippen LogP contribution in [0.3, 0.4) is 0 Å². The Balaban J connectivity index is 1.61. The Kier molecular flexibility index (Phi) is 3.84. The average Bonchev–Trinajstić information content (AvgIpc) is 2.45. The maximum absolute atomic E-state index is 5.38. The lowest BCUT2D eigenvalue weighted by Gasteiger charge is -2.56. The summed E-state index contributed by atoms with van der Waals surface area (Å²) in [6.07, 6.45) is 5.38. The molecule has 0 aromatic carbocycles. The maximum atomic E-state index is 5.38. The number of rotatable bonds is 4. The van der Waals surface area contributed by atoms with Crippen LogP contribution in [0.2, 0.25) is 0 Å². The number of fused-ring (bicyclic) bond motifs is 2. The molecule has 3 unspecified atom stereocenters. The molecule has 1 aromatic heterocycles. The fourth-order valence-electron chi connectivity index (χ4n) is 2.95. The van der Waals surface area contributed by atoms with E-state index in [1.807, 2.05) is 12.3 Å². The normalized spacial score (nSPS) is 28.7. The molecule has 4 nitrogen and oxygen atoms in total. The number of hydrogen-bond acceptors (Lipinski definition) is 4. The molecule has 3 heterocycles. The number of nitrogens with zero attached hydrogens (tertiary/aromatic N) is 3. The van der Waals surface area contributed by atoms with E-state index in [1.54, 1.807) is 7.11 Å². The summed E-state index contributed by atoms with van der Waals surface area (Å²) in [5.41, 5.74) is 1.26. The number of pyridine rings is 1. The summed E-state index contributed by atoms with van der Waals surface area (Å²) in [4.78, 5) is 6.86. The smallest absolute Gasteiger partial charge is 0.212 e. The highest BCUT2D eigenvalue weighted by Crippen LogP contribution is 2.34. The van der Waals surface area contributed by atoms with Crippen LogP contribution < -0.4 is 4.74 Å². The largest absolute Gasteiger partial charge is 0.481 e. The summed E-state index contributed by atoms with van der Waals surface area (Å²) in [6.45, 7) is 3.25. The lowest BCUT2D eigenvalue weighted by Crippen LogP contribution is -2.68. The van der Waals surface area contributed by atoms with Crippen LogP contribution in [0, 0.1) is 0 Å². The second-order valence-electron chi connectivity index (χ2n) is 5.20. The Bertz CT molecular complexity index is 467. The number of hydrogen-bond donors (Lipinski definition) is 0. The molecule has 0 N–H and O–H groups in total. The molecule has 1 aromatic rings. The molecule has 6 heteroatoms. The lowest BCUT2D eigenvalue weighted by atomic mass is 9.88. The SMILES string of the molecule is COc1ccc(CN2C3CC2CN(S(C)=S)C3)cn1. The van der Waals surface area contributed by atoms with E-state index in [0.29, 0.717) is 18.0 Å². The van der Waals surface area contributed by atoms with Gasteiger partial charge in [0.2, 0.25) is 5.88 Å². The van der Waals surface area contributed by atoms with Gasteiger partial charge in [0.25, 0.3) is 0 Å². The highest BCUT2D eigenvalue weighted by molar-refractivity contribution is 8.27. The van der Waals surface area contributed by atoms with E-state index < -0.39 is 0 Å². The monoisotopic (exact) mass is 297 g/mol. The molecule has 2 aliphatic heterocycles. The summed E-state index contributed by atoms with van der Waals surface area (Å²) in [6, 6.07) is 5.40. The Morgan fingerprint density at radius 2 is 2.16 bits per heavy atom. The van der Waals surface area contributed by atoms with Crippen LogP contribution in [-0.2, 0) is 27.4 Å². The van der Waals surface area contributed by atoms with Crippen molar-refractivity contribution in [2.24, 2.45) is 0 Å². The van der Waals surface area contributed by atoms with Gasteiger partial charge in [-0.15, -0.1) is 0 Å². The van der Waals surface area contributed by atoms with Crippen LogP contribution in [0.1, 0.15) is 12.0 Å². The first-order valence-electron chi connectivity index (χ1n) is 6.50. The molecule has 3 atom stereocenters. The summed E-state index contributed by atoms with van der Waals surface area (Å²) in [5, 5.41) is 0. The lowest BCUT2D eigenvalue weighted by molar-refractivity contribution is -0.0474. The third-order valence-electron chi connectivity index (χ3n) is 4.05. The first-order valence-corrected chi connectivity index (χ1v) is 9.02. The van der Waals surface area contributed by atoms with Crippen LogP contribution in [0.15, 0.2) is 18.3 Å². The van der Waals surface area contributed by atoms with Gasteiger partial charge in [-0.05, 0) is 23.2 Å². The van der Waals surface area contributed by atoms with Gasteiger partial charge in [-0.1, -0.05) is 15.7 Å². The molecular weight excluding hydrogens is 278 g/mol. The van der Waals surface area contributed by atoms with Crippen molar-refractivity contribution in [2.75, 3.05) is 26.5 Å². The molecule has 2 saturated heterocycles. The van der Waals surface area contributed by atoms with E-state index in [1.165, 1.54) is 12.0 Å². The van der Waals surface area contributed by atoms with E-state index >= 15 is 0 Å². The van der Waals surface area contributed by atoms with E-state index in [-0.39, 0.29) is 9.64 Å². The highest BCUT2D eigenvalue weighted by atomic mass is 32.8. The third kappa shape index (κ3) is 2.67. The van der Waals surface area contributed by atoms with Gasteiger partial charge in [0, 0.05) is 50.2 Å². The van der Waals surface area contributed by atoms with Gasteiger partial charge in [0.15, 0.2) is 0 Å². The van der Waals surface area contributed by atoms with Crippen molar-refractivity contribution >= 4 is 20.8 Å². The van der Waals surface area contributed by atoms with Crippen LogP contribution in [-0.4, -0.2) is 52.7 Å². The van der Waals surface area contributed by atoms with Gasteiger partial charge >= 0.3 is 0 Å². The molecule has 0 spiro atoms. The molecule has 104 valence electrons. The van der Waals surface area contributed by atoms with Crippen LogP contribution >= 0.6 is 0 Å². The van der Waals surface area contributed by atoms with Crippen molar-refractivity contribution in [3.05, 3.63) is 23.9 Å². The predicted molar refractivity (Wildman–Crippen MR) is 80.8 cm³/mol. The number of methoxy groups -OCH3 is 1. The topological polar surface area (TPSA) is 28.6 Å². The van der Waals surface area contributed by atoms with Gasteiger partial charge in [-0.3, -0.25) is 4.90 Å². The fourth-order valence-corrected chi connectivity index (χ4v) is 4.08. The second kappa shape index (κ2) is 5.44. The van der Waals surface area contributed by atoms with Crippen LogP contribution in [0.5, 0.6) is 5.88 Å². The molecular formula is C13H19N3OS2. The number of likely N-dealkylation sites (tertiary alicyclic amines) is 1. The van der Waals surface area contributed by atoms with E-state index in [4.69, 9.17) is 15.9 Å². The number of aromatic nitrogens is 1. The Morgan fingerprint density at radius 1 is 1.42 bits per heavy atom.